The number of hydrogen-bond acceptors (Lipinski definition) is 2. The average Bonchev–Trinajstić information content (AvgIpc) is 2.16. The molecule has 0 saturated carbocycles. The Morgan fingerprint density at radius 3 is 2.59 bits per heavy atom. The lowest BCUT2D eigenvalue weighted by Crippen LogP contribution is -2.49. The number of benzene rings is 1. The highest BCUT2D eigenvalue weighted by molar-refractivity contribution is 5.85. The summed E-state index contributed by atoms with van der Waals surface area (Å²) in [5.74, 6) is -0.111. The number of nitrogens with two attached hydrogens (primary N) is 1. The van der Waals surface area contributed by atoms with Crippen LogP contribution < -0.4 is 11.1 Å². The summed E-state index contributed by atoms with van der Waals surface area (Å²) in [5, 5.41) is 2.83. The lowest BCUT2D eigenvalue weighted by molar-refractivity contribution is -0.125. The Kier molecular flexibility index (Phi) is 6.21. The van der Waals surface area contributed by atoms with E-state index >= 15 is 0 Å². The Morgan fingerprint density at radius 2 is 2.06 bits per heavy atom. The summed E-state index contributed by atoms with van der Waals surface area (Å²) in [6, 6.07) is 8.27. The number of hydrogen-bond donors (Lipinski definition) is 2. The van der Waals surface area contributed by atoms with Gasteiger partial charge in [-0.05, 0) is 32.8 Å². The molecule has 1 amide bonds. The van der Waals surface area contributed by atoms with Crippen molar-refractivity contribution in [2.75, 3.05) is 6.54 Å². The Hall–Kier alpha value is -1.06. The minimum absolute atomic E-state index is 0. The first-order valence-electron chi connectivity index (χ1n) is 5.52. The third kappa shape index (κ3) is 5.71. The van der Waals surface area contributed by atoms with Gasteiger partial charge < -0.3 is 11.1 Å². The Labute approximate surface area is 109 Å². The van der Waals surface area contributed by atoms with Gasteiger partial charge in [-0.2, -0.15) is 0 Å². The molecule has 0 aliphatic rings. The van der Waals surface area contributed by atoms with Crippen LogP contribution in [0.5, 0.6) is 0 Å². The summed E-state index contributed by atoms with van der Waals surface area (Å²) in [5.41, 5.74) is 7.34. The average molecular weight is 257 g/mol. The third-order valence-electron chi connectivity index (χ3n) is 2.37. The topological polar surface area (TPSA) is 55.1 Å². The molecular formula is C13H21ClN2O. The first-order valence-corrected chi connectivity index (χ1v) is 5.52. The summed E-state index contributed by atoms with van der Waals surface area (Å²) < 4.78 is 0. The van der Waals surface area contributed by atoms with Crippen LogP contribution in [0.15, 0.2) is 24.3 Å². The molecule has 0 saturated heterocycles. The molecule has 1 aromatic rings. The van der Waals surface area contributed by atoms with E-state index in [1.165, 1.54) is 11.1 Å². The van der Waals surface area contributed by atoms with Gasteiger partial charge in [0, 0.05) is 6.54 Å². The first kappa shape index (κ1) is 15.9. The van der Waals surface area contributed by atoms with E-state index in [-0.39, 0.29) is 18.3 Å². The Balaban J connectivity index is 0.00000256. The first-order chi connectivity index (χ1) is 7.39. The highest BCUT2D eigenvalue weighted by atomic mass is 35.5. The Morgan fingerprint density at radius 1 is 1.41 bits per heavy atom. The summed E-state index contributed by atoms with van der Waals surface area (Å²) in [6.07, 6.45) is 0.837. The maximum Gasteiger partial charge on any atom is 0.239 e. The van der Waals surface area contributed by atoms with E-state index in [1.807, 2.05) is 6.07 Å². The van der Waals surface area contributed by atoms with E-state index in [9.17, 15) is 4.79 Å². The second kappa shape index (κ2) is 6.62. The number of carbonyl (C=O) groups is 1. The number of amides is 1. The van der Waals surface area contributed by atoms with Crippen molar-refractivity contribution in [3.63, 3.8) is 0 Å². The van der Waals surface area contributed by atoms with Crippen LogP contribution in [0.25, 0.3) is 0 Å². The standard InChI is InChI=1S/C13H20N2O.ClH/c1-10-5-4-6-11(9-10)7-8-15-12(16)13(2,3)14;/h4-6,9H,7-8,14H2,1-3H3,(H,15,16);1H. The molecule has 0 atom stereocenters. The molecule has 0 radical (unpaired) electrons. The predicted octanol–water partition coefficient (Wildman–Crippen LogP) is 1.81. The van der Waals surface area contributed by atoms with Gasteiger partial charge in [-0.1, -0.05) is 29.8 Å². The molecule has 1 rings (SSSR count). The van der Waals surface area contributed by atoms with Crippen LogP contribution in [0.4, 0.5) is 0 Å². The summed E-state index contributed by atoms with van der Waals surface area (Å²) in [4.78, 5) is 11.5. The van der Waals surface area contributed by atoms with Gasteiger partial charge in [0.1, 0.15) is 0 Å². The van der Waals surface area contributed by atoms with Gasteiger partial charge in [0.15, 0.2) is 0 Å². The molecule has 0 bridgehead atoms. The van der Waals surface area contributed by atoms with Crippen molar-refractivity contribution in [3.8, 4) is 0 Å². The number of halogens is 1. The van der Waals surface area contributed by atoms with Gasteiger partial charge in [-0.15, -0.1) is 12.4 Å². The van der Waals surface area contributed by atoms with Crippen molar-refractivity contribution in [1.82, 2.24) is 5.32 Å². The van der Waals surface area contributed by atoms with Crippen LogP contribution >= 0.6 is 12.4 Å². The molecular weight excluding hydrogens is 236 g/mol. The van der Waals surface area contributed by atoms with Gasteiger partial charge in [0.2, 0.25) is 5.91 Å². The molecule has 0 unspecified atom stereocenters. The summed E-state index contributed by atoms with van der Waals surface area (Å²) in [7, 11) is 0. The maximum atomic E-state index is 11.5. The molecule has 0 aromatic heterocycles. The molecule has 3 N–H and O–H groups in total. The molecule has 0 fully saturated rings. The van der Waals surface area contributed by atoms with E-state index in [0.29, 0.717) is 6.54 Å². The zero-order valence-electron chi connectivity index (χ0n) is 10.6. The van der Waals surface area contributed by atoms with Gasteiger partial charge in [-0.3, -0.25) is 4.79 Å². The quantitative estimate of drug-likeness (QED) is 0.863. The van der Waals surface area contributed by atoms with Crippen molar-refractivity contribution >= 4 is 18.3 Å². The second-order valence-corrected chi connectivity index (χ2v) is 4.72. The molecule has 1 aromatic carbocycles. The van der Waals surface area contributed by atoms with Crippen molar-refractivity contribution < 1.29 is 4.79 Å². The van der Waals surface area contributed by atoms with Crippen molar-refractivity contribution in [1.29, 1.82) is 0 Å². The summed E-state index contributed by atoms with van der Waals surface area (Å²) >= 11 is 0. The van der Waals surface area contributed by atoms with Gasteiger partial charge in [-0.25, -0.2) is 0 Å². The lowest BCUT2D eigenvalue weighted by Gasteiger charge is -2.17. The number of nitrogens with one attached hydrogen (secondary N) is 1. The van der Waals surface area contributed by atoms with E-state index < -0.39 is 5.54 Å². The predicted molar refractivity (Wildman–Crippen MR) is 73.4 cm³/mol. The SMILES string of the molecule is Cc1cccc(CCNC(=O)C(C)(C)N)c1.Cl. The zero-order valence-corrected chi connectivity index (χ0v) is 11.4. The highest BCUT2D eigenvalue weighted by Crippen LogP contribution is 2.04. The minimum atomic E-state index is -0.799. The van der Waals surface area contributed by atoms with E-state index in [2.05, 4.69) is 30.4 Å². The largest absolute Gasteiger partial charge is 0.354 e. The van der Waals surface area contributed by atoms with Crippen LogP contribution in [0.1, 0.15) is 25.0 Å². The fraction of sp³-hybridized carbons (Fsp3) is 0.462. The molecule has 0 aliphatic heterocycles. The number of aryl methyl sites for hydroxylation is 1. The fourth-order valence-electron chi connectivity index (χ4n) is 1.42. The second-order valence-electron chi connectivity index (χ2n) is 4.72. The monoisotopic (exact) mass is 256 g/mol. The van der Waals surface area contributed by atoms with Crippen LogP contribution in [-0.2, 0) is 11.2 Å². The van der Waals surface area contributed by atoms with Crippen molar-refractivity contribution in [3.05, 3.63) is 35.4 Å². The summed E-state index contributed by atoms with van der Waals surface area (Å²) in [6.45, 7) is 6.10. The van der Waals surface area contributed by atoms with Crippen LogP contribution in [-0.4, -0.2) is 18.0 Å². The van der Waals surface area contributed by atoms with Gasteiger partial charge in [0.05, 0.1) is 5.54 Å². The number of rotatable bonds is 4. The molecule has 96 valence electrons. The smallest absolute Gasteiger partial charge is 0.239 e. The van der Waals surface area contributed by atoms with Crippen molar-refractivity contribution in [2.24, 2.45) is 5.73 Å². The normalized spacial score (nSPS) is 10.6. The van der Waals surface area contributed by atoms with Crippen LogP contribution in [0, 0.1) is 6.92 Å². The fourth-order valence-corrected chi connectivity index (χ4v) is 1.42. The van der Waals surface area contributed by atoms with Gasteiger partial charge >= 0.3 is 0 Å². The Bertz CT molecular complexity index is 372. The van der Waals surface area contributed by atoms with E-state index in [0.717, 1.165) is 6.42 Å². The minimum Gasteiger partial charge on any atom is -0.354 e. The van der Waals surface area contributed by atoms with Gasteiger partial charge in [0.25, 0.3) is 0 Å². The molecule has 0 spiro atoms. The maximum absolute atomic E-state index is 11.5. The molecule has 3 nitrogen and oxygen atoms in total. The molecule has 4 heteroatoms. The number of carbonyl (C=O) groups excluding carboxylic acids is 1. The van der Waals surface area contributed by atoms with E-state index in [4.69, 9.17) is 5.73 Å². The van der Waals surface area contributed by atoms with Crippen LogP contribution in [0.2, 0.25) is 0 Å². The molecule has 0 heterocycles. The molecule has 0 aliphatic carbocycles. The molecule has 17 heavy (non-hydrogen) atoms. The highest BCUT2D eigenvalue weighted by Gasteiger charge is 2.20. The van der Waals surface area contributed by atoms with E-state index in [1.54, 1.807) is 13.8 Å². The zero-order chi connectivity index (χ0) is 12.2. The lowest BCUT2D eigenvalue weighted by atomic mass is 10.1. The van der Waals surface area contributed by atoms with Crippen molar-refractivity contribution in [2.45, 2.75) is 32.7 Å². The van der Waals surface area contributed by atoms with Crippen LogP contribution in [0.3, 0.4) is 0 Å². The third-order valence-corrected chi connectivity index (χ3v) is 2.37.